The van der Waals surface area contributed by atoms with Gasteiger partial charge in [0.05, 0.1) is 19.1 Å². The average Bonchev–Trinajstić information content (AvgIpc) is 0.738. The summed E-state index contributed by atoms with van der Waals surface area (Å²) in [5.74, 6) is -42.7. The molecule has 27 nitrogen and oxygen atoms in total. The molecule has 0 aromatic heterocycles. The van der Waals surface area contributed by atoms with Gasteiger partial charge < -0.3 is 64.0 Å². The van der Waals surface area contributed by atoms with Gasteiger partial charge >= 0.3 is 41.5 Å². The number of sulfonamides is 3. The van der Waals surface area contributed by atoms with E-state index in [4.69, 9.17) is 35.3 Å². The fourth-order valence-electron chi connectivity index (χ4n) is 17.0. The van der Waals surface area contributed by atoms with Crippen LogP contribution in [0, 0.1) is 87.3 Å². The van der Waals surface area contributed by atoms with Crippen LogP contribution in [0.4, 0.5) is 82.9 Å². The summed E-state index contributed by atoms with van der Waals surface area (Å²) in [4.78, 5) is 70.2. The number of carboxylic acids is 2. The molecule has 6 aliphatic heterocycles. The maximum Gasteiger partial charge on any atom is 1.00 e. The monoisotopic (exact) mass is 2160 g/mol. The number of benzene rings is 11. The minimum atomic E-state index is -5.41. The van der Waals surface area contributed by atoms with Crippen molar-refractivity contribution in [3.8, 4) is 17.2 Å². The van der Waals surface area contributed by atoms with Crippen LogP contribution in [-0.2, 0) is 96.2 Å². The van der Waals surface area contributed by atoms with Crippen LogP contribution in [0.25, 0.3) is 0 Å². The van der Waals surface area contributed by atoms with E-state index < -0.39 is 221 Å². The smallest absolute Gasteiger partial charge is 0.545 e. The van der Waals surface area contributed by atoms with Crippen molar-refractivity contribution >= 4 is 93.7 Å². The Morgan fingerprint density at radius 1 is 0.385 bits per heavy atom. The first kappa shape index (κ1) is 113. The second kappa shape index (κ2) is 48.9. The number of carbonyl (C=O) groups excluding carboxylic acids is 5. The molecule has 11 aromatic rings. The van der Waals surface area contributed by atoms with Crippen molar-refractivity contribution in [2.45, 2.75) is 141 Å². The van der Waals surface area contributed by atoms with E-state index in [9.17, 15) is 140 Å². The van der Waals surface area contributed by atoms with Crippen LogP contribution in [0.3, 0.4) is 0 Å². The predicted octanol–water partition coefficient (Wildman–Crippen LogP) is 14.1. The molecule has 148 heavy (non-hydrogen) atoms. The number of nitrogens with zero attached hydrogens (tertiary/aromatic N) is 5. The number of ether oxygens (including phenoxy) is 5. The molecule has 0 unspecified atom stereocenters. The Morgan fingerprint density at radius 3 is 1.02 bits per heavy atom. The molecular weight excluding hydrogens is 2070 g/mol. The molecule has 6 fully saturated rings. The average molecular weight is 2160 g/mol. The van der Waals surface area contributed by atoms with E-state index in [1.165, 1.54) is 23.3 Å². The van der Waals surface area contributed by atoms with E-state index in [1.807, 2.05) is 97.1 Å². The van der Waals surface area contributed by atoms with E-state index in [0.717, 1.165) is 114 Å². The quantitative estimate of drug-likeness (QED) is 0.00844. The summed E-state index contributed by atoms with van der Waals surface area (Å²) in [6, 6.07) is 50.0. The first-order valence-corrected chi connectivity index (χ1v) is 50.0. The van der Waals surface area contributed by atoms with Gasteiger partial charge in [-0.2, -0.15) is 12.9 Å². The number of anilines is 3. The van der Waals surface area contributed by atoms with Crippen molar-refractivity contribution in [2.24, 2.45) is 0 Å². The van der Waals surface area contributed by atoms with Crippen LogP contribution in [0.5, 0.6) is 17.2 Å². The molecule has 6 aliphatic rings. The molecule has 0 aliphatic carbocycles. The van der Waals surface area contributed by atoms with Crippen molar-refractivity contribution in [1.29, 1.82) is 0 Å². The van der Waals surface area contributed by atoms with Gasteiger partial charge in [-0.25, -0.2) is 101 Å². The minimum Gasteiger partial charge on any atom is -0.545 e. The van der Waals surface area contributed by atoms with Crippen LogP contribution >= 0.6 is 11.6 Å². The van der Waals surface area contributed by atoms with Gasteiger partial charge in [0.1, 0.15) is 59.7 Å². The zero-order valence-corrected chi connectivity index (χ0v) is 83.0. The summed E-state index contributed by atoms with van der Waals surface area (Å²) >= 11 is 5.09. The van der Waals surface area contributed by atoms with Gasteiger partial charge in [-0.05, 0) is 168 Å². The fraction of sp³-hybridized carbons (Fsp3) is 0.287. The zero-order chi connectivity index (χ0) is 106. The zero-order valence-electron chi connectivity index (χ0n) is 77.8. The number of carbonyl (C=O) groups is 6. The third kappa shape index (κ3) is 24.9. The Kier molecular flexibility index (Phi) is 37.2. The second-order valence-electron chi connectivity index (χ2n) is 34.4. The Bertz CT molecular complexity index is 6830. The number of phenols is 2. The Hall–Kier alpha value is -12.5. The van der Waals surface area contributed by atoms with Crippen molar-refractivity contribution in [3.63, 3.8) is 0 Å². The molecule has 2 amide bonds. The number of rotatable bonds is 29. The maximum atomic E-state index is 14.5. The third-order valence-electron chi connectivity index (χ3n) is 25.4. The van der Waals surface area contributed by atoms with Crippen molar-refractivity contribution < 1.29 is 194 Å². The van der Waals surface area contributed by atoms with Crippen LogP contribution in [0.2, 0.25) is 0 Å². The Balaban J connectivity index is 0.000000169. The topological polar surface area (TPSA) is 363 Å². The van der Waals surface area contributed by atoms with Gasteiger partial charge in [0.25, 0.3) is 0 Å². The molecule has 6 saturated heterocycles. The molecule has 778 valence electrons. The van der Waals surface area contributed by atoms with Gasteiger partial charge in [0.15, 0.2) is 84.5 Å². The Morgan fingerprint density at radius 2 is 0.703 bits per heavy atom. The maximum absolute atomic E-state index is 14.5. The number of amides is 2. The molecule has 0 spiro atoms. The number of aromatic hydroxyl groups is 2. The molecule has 0 bridgehead atoms. The van der Waals surface area contributed by atoms with Crippen LogP contribution in [-0.4, -0.2) is 166 Å². The number of halogens is 16. The van der Waals surface area contributed by atoms with E-state index in [1.54, 1.807) is 30.3 Å². The van der Waals surface area contributed by atoms with Gasteiger partial charge in [-0.3, -0.25) is 14.4 Å². The van der Waals surface area contributed by atoms with Gasteiger partial charge in [0.2, 0.25) is 64.6 Å². The molecule has 11 aromatic carbocycles. The van der Waals surface area contributed by atoms with E-state index >= 15 is 0 Å². The molecule has 4 N–H and O–H groups in total. The normalized spacial score (nSPS) is 16.8. The van der Waals surface area contributed by atoms with Crippen molar-refractivity contribution in [2.75, 3.05) is 74.4 Å². The molecule has 3 atom stereocenters. The Labute approximate surface area is 863 Å². The van der Waals surface area contributed by atoms with Crippen molar-refractivity contribution in [1.82, 2.24) is 12.9 Å². The summed E-state index contributed by atoms with van der Waals surface area (Å²) < 4.78 is 312. The number of hydrogen-bond acceptors (Lipinski definition) is 21. The van der Waals surface area contributed by atoms with E-state index in [0.29, 0.717) is 76.5 Å². The van der Waals surface area contributed by atoms with E-state index in [-0.39, 0.29) is 103 Å². The summed E-state index contributed by atoms with van der Waals surface area (Å²) in [6.07, 6.45) is 5.13. The molecule has 6 heterocycles. The van der Waals surface area contributed by atoms with Gasteiger partial charge in [-0.1, -0.05) is 133 Å². The molecule has 47 heteroatoms. The molecule has 0 saturated carbocycles. The van der Waals surface area contributed by atoms with Crippen LogP contribution in [0.15, 0.2) is 203 Å². The molecular formula is C101H87ClF15N6NaO21S3. The summed E-state index contributed by atoms with van der Waals surface area (Å²) in [5, 5.41) is 43.5. The third-order valence-corrected chi connectivity index (χ3v) is 31.4. The van der Waals surface area contributed by atoms with Crippen LogP contribution < -0.4 is 54.5 Å². The SMILES string of the molecule is O=C(Cl)[C@H]1CCN1S(=O)(=O)c1c(F)c(F)c(F)c(F)c1F.O=C(O)c1ccc(N(Cc2ccc(C3CCOCC3)cc2)C(=O)[C@H]2CCN2S(=O)(=O)c2c(F)c(F)c(F)c(F)c2F)cc1O.O=C(OCc1ccccc1)c1ccc(NCc2ccc(C3CCOCC3)cc2)cc1OCc1ccccc1.O=C([O-])c1ccc(N(Cc2ccc(C3CCOCC3)cc2)C(=O)[C@H]2CCN2S(=O)(=O)c2c(F)c(F)c(F)c(F)c2F)cc1O.[Na+]. The number of aromatic carboxylic acids is 2. The van der Waals surface area contributed by atoms with Crippen LogP contribution in [0.1, 0.15) is 151 Å². The first-order chi connectivity index (χ1) is 70.0. The largest absolute Gasteiger partial charge is 1.00 e. The minimum absolute atomic E-state index is 0. The number of esters is 1. The second-order valence-corrected chi connectivity index (χ2v) is 40.2. The summed E-state index contributed by atoms with van der Waals surface area (Å²) in [6.45, 7) is 3.72. The van der Waals surface area contributed by atoms with Crippen molar-refractivity contribution in [3.05, 3.63) is 337 Å². The van der Waals surface area contributed by atoms with E-state index in [2.05, 4.69) is 29.6 Å². The number of carboxylic acid groups (broad SMARTS) is 2. The molecule has 17 rings (SSSR count). The standard InChI is InChI=1S/C33H33NO4.2C29H25F5N2O7S.C10H5ClF5NO3S.Na/c35-33(38-24-27-9-5-2-6-10-27)31-16-15-30(21-32(31)37-23-26-7-3-1-4-8-26)34-22-25-11-13-28(14-12-25)29-17-19-36-20-18-29;2*30-22-23(31)25(33)27(26(34)24(22)32)44(41,42)36-10-7-20(36)28(38)35(18-5-6-19(29(39)40)21(37)13-18)14-15-1-3-16(4-2-15)17-8-11-43-12-9-17;11-10(18)3-1-2-17(3)21(19,20)9-7(15)5(13)4(12)6(14)8(9)16;/h1-16,21,29,34H,17-20,22-24H2;2*1-6,13,17,20,37H,7-12,14H2,(H,39,40);3H,1-2H2;/q;;;;+1/p-1/t;2*20-;3-;/m.111./s1. The van der Waals surface area contributed by atoms with Gasteiger partial charge in [0, 0.05) is 107 Å². The van der Waals surface area contributed by atoms with Gasteiger partial charge in [-0.15, -0.1) is 0 Å². The molecule has 0 radical (unpaired) electrons. The fourth-order valence-corrected chi connectivity index (χ4v) is 22.5. The number of nitrogens with one attached hydrogen (secondary N) is 1. The first-order valence-electron chi connectivity index (χ1n) is 45.3. The predicted molar refractivity (Wildman–Crippen MR) is 494 cm³/mol. The summed E-state index contributed by atoms with van der Waals surface area (Å²) in [5.41, 5.74) is 7.85. The number of hydrogen-bond donors (Lipinski definition) is 4. The summed E-state index contributed by atoms with van der Waals surface area (Å²) in [7, 11) is -15.9.